The highest BCUT2D eigenvalue weighted by Gasteiger charge is 2.32. The van der Waals surface area contributed by atoms with Crippen molar-refractivity contribution in [3.05, 3.63) is 83.9 Å². The summed E-state index contributed by atoms with van der Waals surface area (Å²) in [6.45, 7) is 3.06. The Kier molecular flexibility index (Phi) is 9.35. The van der Waals surface area contributed by atoms with E-state index in [0.717, 1.165) is 15.4 Å². The molecule has 0 heterocycles. The number of aryl methyl sites for hydroxylation is 1. The van der Waals surface area contributed by atoms with Crippen molar-refractivity contribution < 1.29 is 27.5 Å². The lowest BCUT2D eigenvalue weighted by molar-refractivity contribution is -0.139. The summed E-state index contributed by atoms with van der Waals surface area (Å²) in [6.07, 6.45) is 0. The zero-order valence-corrected chi connectivity index (χ0v) is 23.0. The van der Waals surface area contributed by atoms with Crippen molar-refractivity contribution >= 4 is 27.5 Å². The molecule has 1 atom stereocenters. The molecule has 3 aromatic rings. The summed E-state index contributed by atoms with van der Waals surface area (Å²) in [4.78, 5) is 27.7. The molecule has 38 heavy (non-hydrogen) atoms. The van der Waals surface area contributed by atoms with E-state index >= 15 is 0 Å². The molecule has 0 aliphatic carbocycles. The number of sulfonamides is 1. The van der Waals surface area contributed by atoms with Gasteiger partial charge in [0, 0.05) is 13.6 Å². The van der Waals surface area contributed by atoms with E-state index in [0.29, 0.717) is 17.2 Å². The Morgan fingerprint density at radius 2 is 1.55 bits per heavy atom. The molecule has 1 unspecified atom stereocenters. The summed E-state index contributed by atoms with van der Waals surface area (Å²) in [5, 5.41) is 2.57. The van der Waals surface area contributed by atoms with Crippen LogP contribution in [0, 0.1) is 6.92 Å². The smallest absolute Gasteiger partial charge is 0.264 e. The molecule has 0 spiro atoms. The quantitative estimate of drug-likeness (QED) is 0.401. The molecule has 202 valence electrons. The Bertz CT molecular complexity index is 1360. The van der Waals surface area contributed by atoms with Crippen LogP contribution in [0.4, 0.5) is 5.69 Å². The van der Waals surface area contributed by atoms with Crippen molar-refractivity contribution in [2.24, 2.45) is 0 Å². The average Bonchev–Trinajstić information content (AvgIpc) is 2.94. The number of methoxy groups -OCH3 is 2. The number of nitrogens with zero attached hydrogens (tertiary/aromatic N) is 2. The van der Waals surface area contributed by atoms with Crippen LogP contribution in [0.2, 0.25) is 0 Å². The molecule has 0 saturated heterocycles. The van der Waals surface area contributed by atoms with Crippen molar-refractivity contribution in [3.8, 4) is 11.5 Å². The van der Waals surface area contributed by atoms with Gasteiger partial charge in [-0.25, -0.2) is 8.42 Å². The molecule has 1 N–H and O–H groups in total. The standard InChI is InChI=1S/C28H33N3O6S/c1-20-9-11-23(12-10-20)31(38(34,35)26-15-13-24(36-4)14-16-26)19-27(32)30(21(2)28(33)29-3)18-22-7-6-8-25(17-22)37-5/h6-17,21H,18-19H2,1-5H3,(H,29,33). The highest BCUT2D eigenvalue weighted by atomic mass is 32.2. The first kappa shape index (κ1) is 28.5. The van der Waals surface area contributed by atoms with Crippen molar-refractivity contribution in [1.29, 1.82) is 0 Å². The van der Waals surface area contributed by atoms with E-state index < -0.39 is 28.5 Å². The van der Waals surface area contributed by atoms with E-state index in [-0.39, 0.29) is 17.3 Å². The summed E-state index contributed by atoms with van der Waals surface area (Å²) in [5.74, 6) is 0.194. The first-order valence-corrected chi connectivity index (χ1v) is 13.4. The second-order valence-corrected chi connectivity index (χ2v) is 10.5. The summed E-state index contributed by atoms with van der Waals surface area (Å²) in [6, 6.07) is 19.1. The van der Waals surface area contributed by atoms with Crippen LogP contribution in [-0.4, -0.2) is 59.0 Å². The maximum absolute atomic E-state index is 13.8. The first-order valence-electron chi connectivity index (χ1n) is 12.0. The largest absolute Gasteiger partial charge is 0.497 e. The molecule has 0 aliphatic rings. The lowest BCUT2D eigenvalue weighted by Gasteiger charge is -2.32. The number of hydrogen-bond acceptors (Lipinski definition) is 6. The third kappa shape index (κ3) is 6.63. The predicted molar refractivity (Wildman–Crippen MR) is 146 cm³/mol. The fraction of sp³-hybridized carbons (Fsp3) is 0.286. The number of nitrogens with one attached hydrogen (secondary N) is 1. The Balaban J connectivity index is 2.02. The molecule has 0 radical (unpaired) electrons. The monoisotopic (exact) mass is 539 g/mol. The first-order chi connectivity index (χ1) is 18.1. The molecule has 0 bridgehead atoms. The maximum atomic E-state index is 13.8. The van der Waals surface area contributed by atoms with Gasteiger partial charge in [0.1, 0.15) is 24.1 Å². The van der Waals surface area contributed by atoms with Crippen LogP contribution in [0.25, 0.3) is 0 Å². The Morgan fingerprint density at radius 3 is 2.13 bits per heavy atom. The van der Waals surface area contributed by atoms with Gasteiger partial charge in [0.25, 0.3) is 10.0 Å². The van der Waals surface area contributed by atoms with Gasteiger partial charge in [0.05, 0.1) is 24.8 Å². The third-order valence-corrected chi connectivity index (χ3v) is 7.94. The van der Waals surface area contributed by atoms with Crippen LogP contribution in [0.15, 0.2) is 77.7 Å². The van der Waals surface area contributed by atoms with E-state index in [1.807, 2.05) is 13.0 Å². The SMILES string of the molecule is CNC(=O)C(C)N(Cc1cccc(OC)c1)C(=O)CN(c1ccc(C)cc1)S(=O)(=O)c1ccc(OC)cc1. The second kappa shape index (κ2) is 12.5. The fourth-order valence-corrected chi connectivity index (χ4v) is 5.29. The van der Waals surface area contributed by atoms with E-state index in [4.69, 9.17) is 9.47 Å². The molecule has 9 nitrogen and oxygen atoms in total. The van der Waals surface area contributed by atoms with Gasteiger partial charge in [0.15, 0.2) is 0 Å². The molecule has 3 aromatic carbocycles. The molecule has 0 aromatic heterocycles. The predicted octanol–water partition coefficient (Wildman–Crippen LogP) is 3.37. The Labute approximate surface area is 224 Å². The third-order valence-electron chi connectivity index (χ3n) is 6.15. The van der Waals surface area contributed by atoms with Gasteiger partial charge in [-0.1, -0.05) is 29.8 Å². The molecular weight excluding hydrogens is 506 g/mol. The number of amides is 2. The number of ether oxygens (including phenoxy) is 2. The van der Waals surface area contributed by atoms with Crippen LogP contribution < -0.4 is 19.1 Å². The minimum Gasteiger partial charge on any atom is -0.497 e. The lowest BCUT2D eigenvalue weighted by Crippen LogP contribution is -2.50. The van der Waals surface area contributed by atoms with Gasteiger partial charge >= 0.3 is 0 Å². The highest BCUT2D eigenvalue weighted by molar-refractivity contribution is 7.92. The Morgan fingerprint density at radius 1 is 0.921 bits per heavy atom. The summed E-state index contributed by atoms with van der Waals surface area (Å²) < 4.78 is 39.1. The molecule has 2 amide bonds. The molecule has 3 rings (SSSR count). The zero-order valence-electron chi connectivity index (χ0n) is 22.2. The van der Waals surface area contributed by atoms with Crippen molar-refractivity contribution in [3.63, 3.8) is 0 Å². The number of anilines is 1. The average molecular weight is 540 g/mol. The number of carbonyl (C=O) groups is 2. The van der Waals surface area contributed by atoms with Crippen LogP contribution in [0.1, 0.15) is 18.1 Å². The van der Waals surface area contributed by atoms with Crippen molar-refractivity contribution in [1.82, 2.24) is 10.2 Å². The minimum absolute atomic E-state index is 0.00497. The topological polar surface area (TPSA) is 105 Å². The Hall–Kier alpha value is -4.05. The number of likely N-dealkylation sites (N-methyl/N-ethyl adjacent to an activating group) is 1. The number of carbonyl (C=O) groups excluding carboxylic acids is 2. The minimum atomic E-state index is -4.15. The van der Waals surface area contributed by atoms with Gasteiger partial charge < -0.3 is 19.7 Å². The van der Waals surface area contributed by atoms with E-state index in [1.165, 1.54) is 31.2 Å². The fourth-order valence-electron chi connectivity index (χ4n) is 3.87. The van der Waals surface area contributed by atoms with Gasteiger partial charge in [-0.15, -0.1) is 0 Å². The van der Waals surface area contributed by atoms with Gasteiger partial charge in [-0.3, -0.25) is 13.9 Å². The van der Waals surface area contributed by atoms with Gasteiger partial charge in [0.2, 0.25) is 11.8 Å². The van der Waals surface area contributed by atoms with Gasteiger partial charge in [-0.05, 0) is 67.9 Å². The zero-order chi connectivity index (χ0) is 27.9. The van der Waals surface area contributed by atoms with Crippen LogP contribution in [-0.2, 0) is 26.2 Å². The maximum Gasteiger partial charge on any atom is 0.264 e. The summed E-state index contributed by atoms with van der Waals surface area (Å²) in [5.41, 5.74) is 2.00. The second-order valence-electron chi connectivity index (χ2n) is 8.69. The van der Waals surface area contributed by atoms with E-state index in [9.17, 15) is 18.0 Å². The lowest BCUT2D eigenvalue weighted by atomic mass is 10.1. The number of hydrogen-bond donors (Lipinski definition) is 1. The van der Waals surface area contributed by atoms with Crippen LogP contribution >= 0.6 is 0 Å². The van der Waals surface area contributed by atoms with Gasteiger partial charge in [-0.2, -0.15) is 0 Å². The van der Waals surface area contributed by atoms with Crippen LogP contribution in [0.5, 0.6) is 11.5 Å². The van der Waals surface area contributed by atoms with E-state index in [2.05, 4.69) is 5.32 Å². The molecule has 10 heteroatoms. The number of rotatable bonds is 11. The molecule has 0 aliphatic heterocycles. The molecule has 0 fully saturated rings. The molecule has 0 saturated carbocycles. The van der Waals surface area contributed by atoms with Crippen LogP contribution in [0.3, 0.4) is 0 Å². The number of benzene rings is 3. The molecular formula is C28H33N3O6S. The van der Waals surface area contributed by atoms with E-state index in [1.54, 1.807) is 68.6 Å². The summed E-state index contributed by atoms with van der Waals surface area (Å²) in [7, 11) is 0.372. The highest BCUT2D eigenvalue weighted by Crippen LogP contribution is 2.26. The normalized spacial score (nSPS) is 11.8. The van der Waals surface area contributed by atoms with Crippen molar-refractivity contribution in [2.45, 2.75) is 31.3 Å². The summed E-state index contributed by atoms with van der Waals surface area (Å²) >= 11 is 0. The van der Waals surface area contributed by atoms with Crippen molar-refractivity contribution in [2.75, 3.05) is 32.1 Å².